The van der Waals surface area contributed by atoms with Gasteiger partial charge in [0.15, 0.2) is 0 Å². The van der Waals surface area contributed by atoms with Gasteiger partial charge < -0.3 is 10.5 Å². The Morgan fingerprint density at radius 2 is 2.33 bits per heavy atom. The number of esters is 1. The van der Waals surface area contributed by atoms with E-state index < -0.39 is 5.54 Å². The predicted octanol–water partition coefficient (Wildman–Crippen LogP) is 2.27. The zero-order valence-corrected chi connectivity index (χ0v) is 10.5. The number of fused-ring (bicyclic) bond motifs is 1. The molecular weight excluding hydrogens is 233 g/mol. The number of hydrogen-bond acceptors (Lipinski definition) is 3. The molecule has 2 N–H and O–H groups in total. The van der Waals surface area contributed by atoms with Crippen molar-refractivity contribution >= 4 is 5.97 Å². The highest BCUT2D eigenvalue weighted by Crippen LogP contribution is 2.37. The lowest BCUT2D eigenvalue weighted by atomic mass is 9.75. The second kappa shape index (κ2) is 5.06. The minimum atomic E-state index is -0.925. The average molecular weight is 251 g/mol. The first-order valence-electron chi connectivity index (χ1n) is 6.29. The van der Waals surface area contributed by atoms with Crippen molar-refractivity contribution in [3.8, 4) is 0 Å². The molecule has 2 rings (SSSR count). The quantitative estimate of drug-likeness (QED) is 0.838. The summed E-state index contributed by atoms with van der Waals surface area (Å²) < 4.78 is 18.9. The molecule has 1 unspecified atom stereocenters. The third-order valence-electron chi connectivity index (χ3n) is 3.43. The van der Waals surface area contributed by atoms with Crippen molar-refractivity contribution in [1.82, 2.24) is 0 Å². The van der Waals surface area contributed by atoms with Gasteiger partial charge in [0, 0.05) is 5.56 Å². The van der Waals surface area contributed by atoms with E-state index in [1.165, 1.54) is 6.07 Å². The average Bonchev–Trinajstić information content (AvgIpc) is 2.28. The summed E-state index contributed by atoms with van der Waals surface area (Å²) in [5, 5.41) is 0. The number of ether oxygens (including phenoxy) is 1. The Morgan fingerprint density at radius 1 is 1.56 bits per heavy atom. The first-order valence-corrected chi connectivity index (χ1v) is 6.29. The van der Waals surface area contributed by atoms with Crippen LogP contribution in [0.2, 0.25) is 0 Å². The molecule has 0 saturated carbocycles. The first-order chi connectivity index (χ1) is 8.57. The minimum absolute atomic E-state index is 0.0365. The van der Waals surface area contributed by atoms with Crippen molar-refractivity contribution in [3.05, 3.63) is 35.1 Å². The van der Waals surface area contributed by atoms with E-state index in [4.69, 9.17) is 10.5 Å². The fourth-order valence-electron chi connectivity index (χ4n) is 2.70. The van der Waals surface area contributed by atoms with Gasteiger partial charge in [0.2, 0.25) is 0 Å². The summed E-state index contributed by atoms with van der Waals surface area (Å²) in [6.07, 6.45) is 2.33. The van der Waals surface area contributed by atoms with Gasteiger partial charge in [-0.15, -0.1) is 0 Å². The Labute approximate surface area is 106 Å². The number of halogens is 1. The molecule has 0 radical (unpaired) electrons. The number of carbonyl (C=O) groups is 1. The molecule has 4 heteroatoms. The van der Waals surface area contributed by atoms with Crippen LogP contribution in [0.3, 0.4) is 0 Å². The van der Waals surface area contributed by atoms with Crippen molar-refractivity contribution in [3.63, 3.8) is 0 Å². The van der Waals surface area contributed by atoms with Crippen molar-refractivity contribution in [1.29, 1.82) is 0 Å². The van der Waals surface area contributed by atoms with E-state index in [0.717, 1.165) is 18.4 Å². The zero-order chi connectivity index (χ0) is 13.2. The van der Waals surface area contributed by atoms with Crippen LogP contribution in [-0.2, 0) is 21.5 Å². The van der Waals surface area contributed by atoms with E-state index in [0.29, 0.717) is 18.6 Å². The molecule has 0 fully saturated rings. The fourth-order valence-corrected chi connectivity index (χ4v) is 2.70. The van der Waals surface area contributed by atoms with Crippen LogP contribution in [0.5, 0.6) is 0 Å². The molecule has 1 aliphatic carbocycles. The minimum Gasteiger partial charge on any atom is -0.466 e. The molecule has 0 bridgehead atoms. The lowest BCUT2D eigenvalue weighted by molar-refractivity contribution is -0.144. The van der Waals surface area contributed by atoms with Gasteiger partial charge in [-0.25, -0.2) is 4.39 Å². The summed E-state index contributed by atoms with van der Waals surface area (Å²) in [6, 6.07) is 4.96. The van der Waals surface area contributed by atoms with E-state index >= 15 is 0 Å². The van der Waals surface area contributed by atoms with E-state index in [9.17, 15) is 9.18 Å². The smallest absolute Gasteiger partial charge is 0.307 e. The van der Waals surface area contributed by atoms with E-state index in [1.807, 2.05) is 6.07 Å². The second-order valence-corrected chi connectivity index (χ2v) is 4.77. The van der Waals surface area contributed by atoms with Crippen molar-refractivity contribution in [2.24, 2.45) is 5.73 Å². The van der Waals surface area contributed by atoms with E-state index in [2.05, 4.69) is 0 Å². The topological polar surface area (TPSA) is 52.3 Å². The lowest BCUT2D eigenvalue weighted by Crippen LogP contribution is -2.43. The van der Waals surface area contributed by atoms with Gasteiger partial charge in [0.1, 0.15) is 5.82 Å². The molecule has 0 spiro atoms. The number of benzene rings is 1. The molecule has 1 atom stereocenters. The molecule has 0 aliphatic heterocycles. The zero-order valence-electron chi connectivity index (χ0n) is 10.5. The van der Waals surface area contributed by atoms with Crippen molar-refractivity contribution in [2.75, 3.05) is 6.61 Å². The Bertz CT molecular complexity index is 461. The van der Waals surface area contributed by atoms with Crippen LogP contribution in [0, 0.1) is 5.82 Å². The highest BCUT2D eigenvalue weighted by Gasteiger charge is 2.37. The van der Waals surface area contributed by atoms with E-state index in [1.54, 1.807) is 13.0 Å². The number of carbonyl (C=O) groups excluding carboxylic acids is 1. The first kappa shape index (κ1) is 13.0. The van der Waals surface area contributed by atoms with Gasteiger partial charge in [-0.2, -0.15) is 0 Å². The summed E-state index contributed by atoms with van der Waals surface area (Å²) in [5.74, 6) is -0.685. The van der Waals surface area contributed by atoms with Crippen LogP contribution in [0.25, 0.3) is 0 Å². The normalized spacial score (nSPS) is 22.4. The highest BCUT2D eigenvalue weighted by atomic mass is 19.1. The molecule has 0 amide bonds. The van der Waals surface area contributed by atoms with Gasteiger partial charge in [-0.3, -0.25) is 4.79 Å². The molecular formula is C14H18FNO2. The van der Waals surface area contributed by atoms with Crippen LogP contribution < -0.4 is 5.73 Å². The fraction of sp³-hybridized carbons (Fsp3) is 0.500. The van der Waals surface area contributed by atoms with Gasteiger partial charge in [-0.05, 0) is 37.8 Å². The summed E-state index contributed by atoms with van der Waals surface area (Å²) in [6.45, 7) is 2.07. The molecule has 98 valence electrons. The Hall–Kier alpha value is -1.42. The van der Waals surface area contributed by atoms with Crippen LogP contribution >= 0.6 is 0 Å². The summed E-state index contributed by atoms with van der Waals surface area (Å²) >= 11 is 0. The van der Waals surface area contributed by atoms with Gasteiger partial charge >= 0.3 is 5.97 Å². The molecule has 18 heavy (non-hydrogen) atoms. The van der Waals surface area contributed by atoms with Crippen LogP contribution in [0.4, 0.5) is 4.39 Å². The maximum absolute atomic E-state index is 14.0. The molecule has 1 aromatic rings. The summed E-state index contributed by atoms with van der Waals surface area (Å²) in [5.41, 5.74) is 6.74. The third-order valence-corrected chi connectivity index (χ3v) is 3.43. The summed E-state index contributed by atoms with van der Waals surface area (Å²) in [7, 11) is 0. The van der Waals surface area contributed by atoms with Crippen molar-refractivity contribution < 1.29 is 13.9 Å². The molecule has 1 aromatic carbocycles. The number of rotatable bonds is 3. The SMILES string of the molecule is CCOC(=O)CC1(N)CCCc2cccc(F)c21. The van der Waals surface area contributed by atoms with Gasteiger partial charge in [0.05, 0.1) is 18.6 Å². The maximum Gasteiger partial charge on any atom is 0.307 e. The van der Waals surface area contributed by atoms with Gasteiger partial charge in [0.25, 0.3) is 0 Å². The largest absolute Gasteiger partial charge is 0.466 e. The number of hydrogen-bond donors (Lipinski definition) is 1. The maximum atomic E-state index is 14.0. The van der Waals surface area contributed by atoms with Crippen LogP contribution in [-0.4, -0.2) is 12.6 Å². The number of nitrogens with two attached hydrogens (primary N) is 1. The predicted molar refractivity (Wildman–Crippen MR) is 66.5 cm³/mol. The summed E-state index contributed by atoms with van der Waals surface area (Å²) in [4.78, 5) is 11.6. The van der Waals surface area contributed by atoms with E-state index in [-0.39, 0.29) is 18.2 Å². The number of aryl methyl sites for hydroxylation is 1. The molecule has 0 saturated heterocycles. The van der Waals surface area contributed by atoms with Crippen LogP contribution in [0.1, 0.15) is 37.3 Å². The lowest BCUT2D eigenvalue weighted by Gasteiger charge is -2.35. The highest BCUT2D eigenvalue weighted by molar-refractivity contribution is 5.71. The third kappa shape index (κ3) is 2.38. The Balaban J connectivity index is 2.33. The Kier molecular flexibility index (Phi) is 3.66. The monoisotopic (exact) mass is 251 g/mol. The second-order valence-electron chi connectivity index (χ2n) is 4.77. The molecule has 0 aromatic heterocycles. The molecule has 0 heterocycles. The molecule has 3 nitrogen and oxygen atoms in total. The standard InChI is InChI=1S/C14H18FNO2/c1-2-18-12(17)9-14(16)8-4-6-10-5-3-7-11(15)13(10)14/h3,5,7H,2,4,6,8-9,16H2,1H3. The molecule has 1 aliphatic rings. The Morgan fingerprint density at radius 3 is 3.06 bits per heavy atom. The van der Waals surface area contributed by atoms with Gasteiger partial charge in [-0.1, -0.05) is 12.1 Å². The van der Waals surface area contributed by atoms with Crippen molar-refractivity contribution in [2.45, 2.75) is 38.1 Å². The van der Waals surface area contributed by atoms with Crippen LogP contribution in [0.15, 0.2) is 18.2 Å².